The maximum Gasteiger partial charge on any atom is 0.0797 e. The van der Waals surface area contributed by atoms with E-state index in [4.69, 9.17) is 4.74 Å². The van der Waals surface area contributed by atoms with Crippen LogP contribution in [0.3, 0.4) is 0 Å². The van der Waals surface area contributed by atoms with Crippen molar-refractivity contribution in [3.63, 3.8) is 0 Å². The van der Waals surface area contributed by atoms with Gasteiger partial charge in [0.25, 0.3) is 0 Å². The van der Waals surface area contributed by atoms with Crippen LogP contribution >= 0.6 is 0 Å². The monoisotopic (exact) mass is 207 g/mol. The Kier molecular flexibility index (Phi) is 5.37. The minimum absolute atomic E-state index is 0.181. The summed E-state index contributed by atoms with van der Waals surface area (Å²) in [5, 5.41) is 3.33. The Balaban J connectivity index is 2.22. The van der Waals surface area contributed by atoms with Crippen molar-refractivity contribution < 1.29 is 4.74 Å². The molecule has 1 unspecified atom stereocenters. The summed E-state index contributed by atoms with van der Waals surface area (Å²) in [6.07, 6.45) is 0.181. The first-order chi connectivity index (χ1) is 7.20. The molecule has 0 aromatic heterocycles. The van der Waals surface area contributed by atoms with Gasteiger partial charge in [-0.25, -0.2) is 0 Å². The van der Waals surface area contributed by atoms with E-state index in [-0.39, 0.29) is 6.10 Å². The SMILES string of the molecule is CC(C)NCCOC(C)c1ccccc1. The summed E-state index contributed by atoms with van der Waals surface area (Å²) in [6, 6.07) is 10.8. The molecular weight excluding hydrogens is 186 g/mol. The van der Waals surface area contributed by atoms with E-state index >= 15 is 0 Å². The molecule has 0 bridgehead atoms. The van der Waals surface area contributed by atoms with Crippen molar-refractivity contribution in [1.29, 1.82) is 0 Å². The van der Waals surface area contributed by atoms with E-state index in [0.29, 0.717) is 6.04 Å². The minimum atomic E-state index is 0.181. The van der Waals surface area contributed by atoms with Crippen LogP contribution in [-0.4, -0.2) is 19.2 Å². The molecule has 0 radical (unpaired) electrons. The molecule has 15 heavy (non-hydrogen) atoms. The molecule has 0 aliphatic carbocycles. The van der Waals surface area contributed by atoms with Crippen molar-refractivity contribution in [2.24, 2.45) is 0 Å². The van der Waals surface area contributed by atoms with Gasteiger partial charge >= 0.3 is 0 Å². The standard InChI is InChI=1S/C13H21NO/c1-11(2)14-9-10-15-12(3)13-7-5-4-6-8-13/h4-8,11-12,14H,9-10H2,1-3H3. The van der Waals surface area contributed by atoms with Crippen molar-refractivity contribution in [3.8, 4) is 0 Å². The van der Waals surface area contributed by atoms with Crippen molar-refractivity contribution in [3.05, 3.63) is 35.9 Å². The molecule has 0 heterocycles. The molecule has 1 atom stereocenters. The summed E-state index contributed by atoms with van der Waals surface area (Å²) in [6.45, 7) is 8.04. The van der Waals surface area contributed by atoms with Crippen LogP contribution in [0.5, 0.6) is 0 Å². The Morgan fingerprint density at radius 2 is 1.80 bits per heavy atom. The zero-order valence-electron chi connectivity index (χ0n) is 9.86. The van der Waals surface area contributed by atoms with Crippen molar-refractivity contribution in [2.45, 2.75) is 32.9 Å². The third-order valence-corrected chi connectivity index (χ3v) is 2.29. The lowest BCUT2D eigenvalue weighted by molar-refractivity contribution is 0.0669. The van der Waals surface area contributed by atoms with Crippen LogP contribution in [0.2, 0.25) is 0 Å². The van der Waals surface area contributed by atoms with Gasteiger partial charge in [-0.2, -0.15) is 0 Å². The first-order valence-electron chi connectivity index (χ1n) is 5.60. The van der Waals surface area contributed by atoms with Gasteiger partial charge in [0.1, 0.15) is 0 Å². The molecule has 0 saturated carbocycles. The molecule has 1 aromatic rings. The van der Waals surface area contributed by atoms with E-state index in [0.717, 1.165) is 13.2 Å². The van der Waals surface area contributed by atoms with Gasteiger partial charge in [0.15, 0.2) is 0 Å². The highest BCUT2D eigenvalue weighted by molar-refractivity contribution is 5.16. The van der Waals surface area contributed by atoms with Gasteiger partial charge in [-0.3, -0.25) is 0 Å². The number of hydrogen-bond donors (Lipinski definition) is 1. The number of hydrogen-bond acceptors (Lipinski definition) is 2. The fourth-order valence-corrected chi connectivity index (χ4v) is 1.40. The van der Waals surface area contributed by atoms with E-state index in [1.165, 1.54) is 5.56 Å². The molecule has 0 fully saturated rings. The van der Waals surface area contributed by atoms with Crippen molar-refractivity contribution in [1.82, 2.24) is 5.32 Å². The van der Waals surface area contributed by atoms with Gasteiger partial charge in [0, 0.05) is 12.6 Å². The van der Waals surface area contributed by atoms with Gasteiger partial charge in [-0.15, -0.1) is 0 Å². The Bertz CT molecular complexity index is 258. The summed E-state index contributed by atoms with van der Waals surface area (Å²) in [5.41, 5.74) is 1.24. The molecule has 2 nitrogen and oxygen atoms in total. The lowest BCUT2D eigenvalue weighted by atomic mass is 10.1. The highest BCUT2D eigenvalue weighted by Crippen LogP contribution is 2.14. The predicted octanol–water partition coefficient (Wildman–Crippen LogP) is 2.76. The second-order valence-electron chi connectivity index (χ2n) is 4.03. The molecule has 0 spiro atoms. The topological polar surface area (TPSA) is 21.3 Å². The zero-order valence-corrected chi connectivity index (χ0v) is 9.86. The van der Waals surface area contributed by atoms with E-state index in [9.17, 15) is 0 Å². The normalized spacial score (nSPS) is 13.1. The van der Waals surface area contributed by atoms with Gasteiger partial charge in [-0.1, -0.05) is 44.2 Å². The molecule has 2 heteroatoms. The zero-order chi connectivity index (χ0) is 11.1. The van der Waals surface area contributed by atoms with E-state index in [2.05, 4.69) is 38.2 Å². The quantitative estimate of drug-likeness (QED) is 0.724. The third-order valence-electron chi connectivity index (χ3n) is 2.29. The maximum absolute atomic E-state index is 5.72. The average Bonchev–Trinajstić information content (AvgIpc) is 2.25. The van der Waals surface area contributed by atoms with E-state index in [1.807, 2.05) is 18.2 Å². The fraction of sp³-hybridized carbons (Fsp3) is 0.538. The molecular formula is C13H21NO. The Morgan fingerprint density at radius 1 is 1.13 bits per heavy atom. The third kappa shape index (κ3) is 4.96. The molecule has 0 amide bonds. The Morgan fingerprint density at radius 3 is 2.40 bits per heavy atom. The van der Waals surface area contributed by atoms with Crippen LogP contribution in [0.25, 0.3) is 0 Å². The van der Waals surface area contributed by atoms with Crippen LogP contribution in [0.4, 0.5) is 0 Å². The summed E-state index contributed by atoms with van der Waals surface area (Å²) >= 11 is 0. The largest absolute Gasteiger partial charge is 0.373 e. The average molecular weight is 207 g/mol. The number of nitrogens with one attached hydrogen (secondary N) is 1. The lowest BCUT2D eigenvalue weighted by Crippen LogP contribution is -2.27. The summed E-state index contributed by atoms with van der Waals surface area (Å²) in [7, 11) is 0. The maximum atomic E-state index is 5.72. The van der Waals surface area contributed by atoms with E-state index < -0.39 is 0 Å². The molecule has 0 aliphatic heterocycles. The van der Waals surface area contributed by atoms with Crippen molar-refractivity contribution in [2.75, 3.05) is 13.2 Å². The Labute approximate surface area is 92.6 Å². The smallest absolute Gasteiger partial charge is 0.0797 e. The minimum Gasteiger partial charge on any atom is -0.373 e. The van der Waals surface area contributed by atoms with E-state index in [1.54, 1.807) is 0 Å². The second kappa shape index (κ2) is 6.59. The van der Waals surface area contributed by atoms with Crippen LogP contribution in [0.1, 0.15) is 32.4 Å². The first-order valence-corrected chi connectivity index (χ1v) is 5.60. The fourth-order valence-electron chi connectivity index (χ4n) is 1.40. The number of benzene rings is 1. The molecule has 1 rings (SSSR count). The van der Waals surface area contributed by atoms with Crippen LogP contribution in [-0.2, 0) is 4.74 Å². The Hall–Kier alpha value is -0.860. The molecule has 84 valence electrons. The van der Waals surface area contributed by atoms with Crippen LogP contribution < -0.4 is 5.32 Å². The molecule has 1 N–H and O–H groups in total. The number of rotatable bonds is 6. The molecule has 1 aromatic carbocycles. The molecule has 0 aliphatic rings. The van der Waals surface area contributed by atoms with Gasteiger partial charge in [-0.05, 0) is 12.5 Å². The summed E-state index contributed by atoms with van der Waals surface area (Å²) < 4.78 is 5.72. The van der Waals surface area contributed by atoms with Gasteiger partial charge in [0.2, 0.25) is 0 Å². The second-order valence-corrected chi connectivity index (χ2v) is 4.03. The van der Waals surface area contributed by atoms with Crippen LogP contribution in [0, 0.1) is 0 Å². The first kappa shape index (κ1) is 12.2. The van der Waals surface area contributed by atoms with Gasteiger partial charge < -0.3 is 10.1 Å². The highest BCUT2D eigenvalue weighted by atomic mass is 16.5. The molecule has 0 saturated heterocycles. The lowest BCUT2D eigenvalue weighted by Gasteiger charge is -2.14. The summed E-state index contributed by atoms with van der Waals surface area (Å²) in [4.78, 5) is 0. The van der Waals surface area contributed by atoms with Crippen molar-refractivity contribution >= 4 is 0 Å². The number of ether oxygens (including phenoxy) is 1. The predicted molar refractivity (Wildman–Crippen MR) is 63.9 cm³/mol. The van der Waals surface area contributed by atoms with Crippen LogP contribution in [0.15, 0.2) is 30.3 Å². The summed E-state index contributed by atoms with van der Waals surface area (Å²) in [5.74, 6) is 0. The van der Waals surface area contributed by atoms with Gasteiger partial charge in [0.05, 0.1) is 12.7 Å². The highest BCUT2D eigenvalue weighted by Gasteiger charge is 2.03.